The van der Waals surface area contributed by atoms with E-state index in [9.17, 15) is 0 Å². The minimum absolute atomic E-state index is 1.16. The SMILES string of the molecule is CCCCC/C=C/CCCCCCCCC[N+](CCCCCCCCC/C=C/CCCCC)(Cc1ccccc1)Cc1ccccc1. The molecule has 0 bridgehead atoms. The largest absolute Gasteiger partial charge is 0.316 e. The minimum atomic E-state index is 1.16. The summed E-state index contributed by atoms with van der Waals surface area (Å²) < 4.78 is 1.21. The second-order valence-corrected chi connectivity index (χ2v) is 14.5. The molecule has 0 saturated heterocycles. The van der Waals surface area contributed by atoms with Crippen LogP contribution in [0.15, 0.2) is 85.0 Å². The Hall–Kier alpha value is -2.12. The fourth-order valence-corrected chi connectivity index (χ4v) is 7.11. The summed E-state index contributed by atoms with van der Waals surface area (Å²) in [5, 5.41) is 0. The fourth-order valence-electron chi connectivity index (χ4n) is 7.11. The molecule has 0 aromatic heterocycles. The summed E-state index contributed by atoms with van der Waals surface area (Å²) in [6.07, 6.45) is 42.4. The lowest BCUT2D eigenvalue weighted by Crippen LogP contribution is -2.48. The lowest BCUT2D eigenvalue weighted by atomic mass is 10.0. The quantitative estimate of drug-likeness (QED) is 0.0423. The smallest absolute Gasteiger partial charge is 0.105 e. The first-order valence-electron chi connectivity index (χ1n) is 20.5. The van der Waals surface area contributed by atoms with Crippen molar-refractivity contribution in [3.63, 3.8) is 0 Å². The van der Waals surface area contributed by atoms with Gasteiger partial charge in [-0.3, -0.25) is 0 Å². The molecule has 1 nitrogen and oxygen atoms in total. The number of allylic oxidation sites excluding steroid dienone is 4. The molecular formula is C46H76N+. The highest BCUT2D eigenvalue weighted by molar-refractivity contribution is 5.15. The van der Waals surface area contributed by atoms with E-state index in [1.165, 1.54) is 183 Å². The Labute approximate surface area is 293 Å². The van der Waals surface area contributed by atoms with Gasteiger partial charge in [0.1, 0.15) is 13.1 Å². The van der Waals surface area contributed by atoms with Crippen molar-refractivity contribution in [1.29, 1.82) is 0 Å². The normalized spacial score (nSPS) is 12.1. The zero-order chi connectivity index (χ0) is 33.4. The molecule has 0 N–H and O–H groups in total. The van der Waals surface area contributed by atoms with Crippen molar-refractivity contribution in [3.05, 3.63) is 96.1 Å². The van der Waals surface area contributed by atoms with E-state index in [2.05, 4.69) is 98.8 Å². The van der Waals surface area contributed by atoms with E-state index in [1.807, 2.05) is 0 Å². The van der Waals surface area contributed by atoms with Crippen LogP contribution in [0.3, 0.4) is 0 Å². The molecule has 0 fully saturated rings. The summed E-state index contributed by atoms with van der Waals surface area (Å²) in [7, 11) is 0. The van der Waals surface area contributed by atoms with Crippen molar-refractivity contribution in [2.45, 2.75) is 181 Å². The molecule has 0 aliphatic heterocycles. The number of hydrogen-bond donors (Lipinski definition) is 0. The third-order valence-electron chi connectivity index (χ3n) is 10.0. The van der Waals surface area contributed by atoms with Gasteiger partial charge in [-0.25, -0.2) is 0 Å². The van der Waals surface area contributed by atoms with Gasteiger partial charge in [0, 0.05) is 11.1 Å². The summed E-state index contributed by atoms with van der Waals surface area (Å²) in [5.41, 5.74) is 3.00. The summed E-state index contributed by atoms with van der Waals surface area (Å²) in [6.45, 7) is 9.50. The van der Waals surface area contributed by atoms with Crippen molar-refractivity contribution >= 4 is 0 Å². The van der Waals surface area contributed by atoms with E-state index >= 15 is 0 Å². The number of unbranched alkanes of at least 4 members (excludes halogenated alkanes) is 20. The first kappa shape index (κ1) is 41.1. The van der Waals surface area contributed by atoms with Gasteiger partial charge in [0.05, 0.1) is 13.1 Å². The molecule has 0 unspecified atom stereocenters. The van der Waals surface area contributed by atoms with Crippen molar-refractivity contribution in [1.82, 2.24) is 0 Å². The average molecular weight is 643 g/mol. The van der Waals surface area contributed by atoms with E-state index in [4.69, 9.17) is 0 Å². The van der Waals surface area contributed by atoms with Crippen molar-refractivity contribution < 1.29 is 4.48 Å². The van der Waals surface area contributed by atoms with Crippen LogP contribution < -0.4 is 0 Å². The maximum Gasteiger partial charge on any atom is 0.105 e. The molecule has 0 amide bonds. The Morgan fingerprint density at radius 3 is 1.00 bits per heavy atom. The molecule has 2 rings (SSSR count). The Balaban J connectivity index is 1.77. The molecule has 1 heteroatoms. The zero-order valence-corrected chi connectivity index (χ0v) is 31.3. The Morgan fingerprint density at radius 1 is 0.362 bits per heavy atom. The number of nitrogens with zero attached hydrogens (tertiary/aromatic N) is 1. The Kier molecular flexibility index (Phi) is 26.2. The van der Waals surface area contributed by atoms with E-state index in [-0.39, 0.29) is 0 Å². The van der Waals surface area contributed by atoms with Crippen LogP contribution in [-0.2, 0) is 13.1 Å². The molecule has 0 aliphatic rings. The van der Waals surface area contributed by atoms with Gasteiger partial charge in [-0.05, 0) is 77.0 Å². The van der Waals surface area contributed by atoms with Crippen molar-refractivity contribution in [3.8, 4) is 0 Å². The number of benzene rings is 2. The monoisotopic (exact) mass is 643 g/mol. The summed E-state index contributed by atoms with van der Waals surface area (Å²) in [4.78, 5) is 0. The Morgan fingerprint density at radius 2 is 0.660 bits per heavy atom. The summed E-state index contributed by atoms with van der Waals surface area (Å²) in [6, 6.07) is 22.7. The lowest BCUT2D eigenvalue weighted by molar-refractivity contribution is -0.954. The van der Waals surface area contributed by atoms with Crippen molar-refractivity contribution in [2.75, 3.05) is 13.1 Å². The second-order valence-electron chi connectivity index (χ2n) is 14.5. The van der Waals surface area contributed by atoms with Crippen LogP contribution in [-0.4, -0.2) is 17.6 Å². The van der Waals surface area contributed by atoms with E-state index < -0.39 is 0 Å². The van der Waals surface area contributed by atoms with E-state index in [1.54, 1.807) is 0 Å². The molecule has 2 aromatic carbocycles. The van der Waals surface area contributed by atoms with Gasteiger partial charge in [-0.2, -0.15) is 0 Å². The van der Waals surface area contributed by atoms with Gasteiger partial charge in [-0.15, -0.1) is 0 Å². The molecule has 0 saturated carbocycles. The van der Waals surface area contributed by atoms with Crippen LogP contribution in [0.5, 0.6) is 0 Å². The molecule has 0 aliphatic carbocycles. The third kappa shape index (κ3) is 23.0. The first-order valence-corrected chi connectivity index (χ1v) is 20.5. The maximum absolute atomic E-state index is 2.43. The van der Waals surface area contributed by atoms with Gasteiger partial charge < -0.3 is 4.48 Å². The maximum atomic E-state index is 2.43. The van der Waals surface area contributed by atoms with Crippen LogP contribution in [0, 0.1) is 0 Å². The predicted octanol–water partition coefficient (Wildman–Crippen LogP) is 14.7. The van der Waals surface area contributed by atoms with Crippen LogP contribution in [0.2, 0.25) is 0 Å². The highest BCUT2D eigenvalue weighted by atomic mass is 15.3. The number of hydrogen-bond acceptors (Lipinski definition) is 0. The standard InChI is InChI=1S/C46H76N/c1-3-5-7-9-11-13-15-17-19-21-23-25-27-35-41-47(43-45-37-31-29-32-38-45,44-46-39-33-30-34-40-46)42-36-28-26-24-22-20-18-16-14-12-10-8-6-4-2/h11-14,29-34,37-40H,3-10,15-28,35-36,41-44H2,1-2H3/q+1/b13-11+,14-12+. The third-order valence-corrected chi connectivity index (χ3v) is 10.0. The predicted molar refractivity (Wildman–Crippen MR) is 211 cm³/mol. The summed E-state index contributed by atoms with van der Waals surface area (Å²) >= 11 is 0. The molecule has 2 aromatic rings. The molecule has 0 spiro atoms. The van der Waals surface area contributed by atoms with Gasteiger partial charge in [0.15, 0.2) is 0 Å². The lowest BCUT2D eigenvalue weighted by Gasteiger charge is -2.39. The van der Waals surface area contributed by atoms with Crippen LogP contribution in [0.25, 0.3) is 0 Å². The molecular weight excluding hydrogens is 567 g/mol. The second kappa shape index (κ2) is 30.0. The minimum Gasteiger partial charge on any atom is -0.316 e. The molecule has 0 radical (unpaired) electrons. The number of quaternary nitrogens is 1. The van der Waals surface area contributed by atoms with Gasteiger partial charge in [0.2, 0.25) is 0 Å². The van der Waals surface area contributed by atoms with E-state index in [0.29, 0.717) is 0 Å². The van der Waals surface area contributed by atoms with Gasteiger partial charge in [0.25, 0.3) is 0 Å². The van der Waals surface area contributed by atoms with Crippen LogP contribution in [0.1, 0.15) is 179 Å². The molecule has 0 atom stereocenters. The van der Waals surface area contributed by atoms with Gasteiger partial charge in [-0.1, -0.05) is 176 Å². The topological polar surface area (TPSA) is 0 Å². The molecule has 264 valence electrons. The fraction of sp³-hybridized carbons (Fsp3) is 0.652. The highest BCUT2D eigenvalue weighted by Gasteiger charge is 2.27. The first-order chi connectivity index (χ1) is 23.3. The Bertz CT molecular complexity index is 893. The molecule has 47 heavy (non-hydrogen) atoms. The molecule has 0 heterocycles. The van der Waals surface area contributed by atoms with Crippen molar-refractivity contribution in [2.24, 2.45) is 0 Å². The van der Waals surface area contributed by atoms with Gasteiger partial charge >= 0.3 is 0 Å². The zero-order valence-electron chi connectivity index (χ0n) is 31.3. The number of rotatable bonds is 32. The average Bonchev–Trinajstić information content (AvgIpc) is 3.09. The van der Waals surface area contributed by atoms with E-state index in [0.717, 1.165) is 13.1 Å². The van der Waals surface area contributed by atoms with Crippen LogP contribution >= 0.6 is 0 Å². The van der Waals surface area contributed by atoms with Crippen LogP contribution in [0.4, 0.5) is 0 Å². The highest BCUT2D eigenvalue weighted by Crippen LogP contribution is 2.24. The summed E-state index contributed by atoms with van der Waals surface area (Å²) in [5.74, 6) is 0.